The molecule has 0 spiro atoms. The molecule has 0 bridgehead atoms. The average molecular weight is 337 g/mol. The van der Waals surface area contributed by atoms with Gasteiger partial charge >= 0.3 is 0 Å². The van der Waals surface area contributed by atoms with Gasteiger partial charge < -0.3 is 10.2 Å². The summed E-state index contributed by atoms with van der Waals surface area (Å²) in [6.45, 7) is 3.43. The van der Waals surface area contributed by atoms with Gasteiger partial charge in [-0.1, -0.05) is 48.5 Å². The number of quaternary nitrogens is 1. The van der Waals surface area contributed by atoms with Gasteiger partial charge in [-0.05, 0) is 49.3 Å². The molecule has 0 radical (unpaired) electrons. The maximum Gasteiger partial charge on any atom is 0.275 e. The first-order valence-corrected chi connectivity index (χ1v) is 9.38. The Labute approximate surface area is 151 Å². The molecule has 25 heavy (non-hydrogen) atoms. The van der Waals surface area contributed by atoms with Crippen molar-refractivity contribution < 1.29 is 9.69 Å². The van der Waals surface area contributed by atoms with Gasteiger partial charge in [-0.2, -0.15) is 0 Å². The molecule has 132 valence electrons. The second-order valence-corrected chi connectivity index (χ2v) is 7.32. The topological polar surface area (TPSA) is 33.5 Å². The third kappa shape index (κ3) is 4.93. The van der Waals surface area contributed by atoms with E-state index >= 15 is 0 Å². The summed E-state index contributed by atoms with van der Waals surface area (Å²) in [5.41, 5.74) is 5.43. The zero-order chi connectivity index (χ0) is 17.6. The summed E-state index contributed by atoms with van der Waals surface area (Å²) in [7, 11) is 2.07. The molecule has 1 aliphatic rings. The molecule has 1 unspecified atom stereocenters. The van der Waals surface area contributed by atoms with Crippen LogP contribution in [0, 0.1) is 0 Å². The van der Waals surface area contributed by atoms with E-state index in [1.165, 1.54) is 52.8 Å². The number of likely N-dealkylation sites (N-methyl/N-ethyl adjacent to an activating group) is 1. The van der Waals surface area contributed by atoms with Crippen molar-refractivity contribution in [2.45, 2.75) is 45.2 Å². The maximum atomic E-state index is 12.4. The Morgan fingerprint density at radius 2 is 1.80 bits per heavy atom. The number of hydrogen-bond acceptors (Lipinski definition) is 1. The molecule has 0 aliphatic heterocycles. The molecule has 0 saturated carbocycles. The first-order valence-electron chi connectivity index (χ1n) is 9.38. The molecular weight excluding hydrogens is 308 g/mol. The van der Waals surface area contributed by atoms with Gasteiger partial charge in [0.2, 0.25) is 0 Å². The standard InChI is InChI=1S/C22H28N2O/c1-17(20-13-12-19-10-6-7-11-21(19)14-20)23-22(25)16-24(2)15-18-8-4-3-5-9-18/h3-5,8-9,12-14,17H,6-7,10-11,15-16H2,1-2H3,(H,23,25)/p+1/t17-/m0/s1. The van der Waals surface area contributed by atoms with Crippen LogP contribution in [0.2, 0.25) is 0 Å². The highest BCUT2D eigenvalue weighted by atomic mass is 16.2. The summed E-state index contributed by atoms with van der Waals surface area (Å²) in [6.07, 6.45) is 4.96. The van der Waals surface area contributed by atoms with Crippen molar-refractivity contribution in [3.05, 3.63) is 70.8 Å². The van der Waals surface area contributed by atoms with Gasteiger partial charge in [0, 0.05) is 5.56 Å². The normalized spacial score (nSPS) is 15.9. The van der Waals surface area contributed by atoms with Crippen molar-refractivity contribution in [1.29, 1.82) is 0 Å². The van der Waals surface area contributed by atoms with Crippen molar-refractivity contribution in [2.75, 3.05) is 13.6 Å². The summed E-state index contributed by atoms with van der Waals surface area (Å²) < 4.78 is 0. The van der Waals surface area contributed by atoms with Crippen LogP contribution in [0.5, 0.6) is 0 Å². The number of carbonyl (C=O) groups is 1. The highest BCUT2D eigenvalue weighted by Crippen LogP contribution is 2.24. The van der Waals surface area contributed by atoms with Crippen LogP contribution in [-0.2, 0) is 24.2 Å². The molecule has 3 nitrogen and oxygen atoms in total. The molecule has 0 aromatic heterocycles. The van der Waals surface area contributed by atoms with Gasteiger partial charge in [-0.15, -0.1) is 0 Å². The Morgan fingerprint density at radius 3 is 2.56 bits per heavy atom. The predicted octanol–water partition coefficient (Wildman–Crippen LogP) is 2.46. The summed E-state index contributed by atoms with van der Waals surface area (Å²) in [5.74, 6) is 0.110. The molecule has 1 amide bonds. The SMILES string of the molecule is C[C@H](NC(=O)C[NH+](C)Cc1ccccc1)c1ccc2c(c1)CCCC2. The van der Waals surface area contributed by atoms with E-state index in [1.807, 2.05) is 18.2 Å². The van der Waals surface area contributed by atoms with Crippen LogP contribution in [0.3, 0.4) is 0 Å². The molecule has 3 heteroatoms. The third-order valence-corrected chi connectivity index (χ3v) is 5.06. The van der Waals surface area contributed by atoms with Crippen molar-refractivity contribution >= 4 is 5.91 Å². The quantitative estimate of drug-likeness (QED) is 0.834. The molecule has 1 aliphatic carbocycles. The lowest BCUT2D eigenvalue weighted by Gasteiger charge is -2.21. The molecule has 0 saturated heterocycles. The molecule has 0 heterocycles. The lowest BCUT2D eigenvalue weighted by atomic mass is 9.89. The van der Waals surface area contributed by atoms with E-state index < -0.39 is 0 Å². The van der Waals surface area contributed by atoms with Crippen LogP contribution in [-0.4, -0.2) is 19.5 Å². The summed E-state index contributed by atoms with van der Waals surface area (Å²) in [5, 5.41) is 3.16. The van der Waals surface area contributed by atoms with Gasteiger partial charge in [0.25, 0.3) is 5.91 Å². The molecule has 2 atom stereocenters. The largest absolute Gasteiger partial charge is 0.345 e. The minimum atomic E-state index is 0.0595. The number of aryl methyl sites for hydroxylation is 2. The monoisotopic (exact) mass is 337 g/mol. The van der Waals surface area contributed by atoms with Crippen LogP contribution >= 0.6 is 0 Å². The number of benzene rings is 2. The van der Waals surface area contributed by atoms with E-state index in [4.69, 9.17) is 0 Å². The molecule has 2 N–H and O–H groups in total. The number of hydrogen-bond donors (Lipinski definition) is 2. The summed E-state index contributed by atoms with van der Waals surface area (Å²) in [6, 6.07) is 17.1. The summed E-state index contributed by atoms with van der Waals surface area (Å²) in [4.78, 5) is 13.6. The smallest absolute Gasteiger partial charge is 0.275 e. The maximum absolute atomic E-state index is 12.4. The number of fused-ring (bicyclic) bond motifs is 1. The van der Waals surface area contributed by atoms with Crippen molar-refractivity contribution in [3.8, 4) is 0 Å². The van der Waals surface area contributed by atoms with Gasteiger partial charge in [-0.25, -0.2) is 0 Å². The predicted molar refractivity (Wildman–Crippen MR) is 102 cm³/mol. The van der Waals surface area contributed by atoms with E-state index in [0.717, 1.165) is 6.54 Å². The second kappa shape index (κ2) is 8.30. The Kier molecular flexibility index (Phi) is 5.87. The molecule has 2 aromatic carbocycles. The van der Waals surface area contributed by atoms with E-state index in [2.05, 4.69) is 49.6 Å². The minimum Gasteiger partial charge on any atom is -0.345 e. The highest BCUT2D eigenvalue weighted by Gasteiger charge is 2.16. The number of rotatable bonds is 6. The summed E-state index contributed by atoms with van der Waals surface area (Å²) >= 11 is 0. The Morgan fingerprint density at radius 1 is 1.08 bits per heavy atom. The van der Waals surface area contributed by atoms with Crippen LogP contribution in [0.4, 0.5) is 0 Å². The van der Waals surface area contributed by atoms with Gasteiger partial charge in [0.05, 0.1) is 13.1 Å². The van der Waals surface area contributed by atoms with Gasteiger partial charge in [-0.3, -0.25) is 4.79 Å². The van der Waals surface area contributed by atoms with E-state index in [0.29, 0.717) is 6.54 Å². The lowest BCUT2D eigenvalue weighted by molar-refractivity contribution is -0.885. The number of nitrogens with one attached hydrogen (secondary N) is 2. The van der Waals surface area contributed by atoms with Crippen LogP contribution in [0.15, 0.2) is 48.5 Å². The molecular formula is C22H29N2O+. The highest BCUT2D eigenvalue weighted by molar-refractivity contribution is 5.77. The van der Waals surface area contributed by atoms with Crippen molar-refractivity contribution in [3.63, 3.8) is 0 Å². The van der Waals surface area contributed by atoms with Gasteiger partial charge in [0.1, 0.15) is 6.54 Å². The average Bonchev–Trinajstić information content (AvgIpc) is 2.61. The molecule has 0 fully saturated rings. The number of amides is 1. The first-order chi connectivity index (χ1) is 12.1. The van der Waals surface area contributed by atoms with Crippen LogP contribution in [0.25, 0.3) is 0 Å². The van der Waals surface area contributed by atoms with Crippen molar-refractivity contribution in [2.24, 2.45) is 0 Å². The first kappa shape index (κ1) is 17.7. The fourth-order valence-electron chi connectivity index (χ4n) is 3.68. The second-order valence-electron chi connectivity index (χ2n) is 7.32. The molecule has 3 rings (SSSR count). The van der Waals surface area contributed by atoms with E-state index in [1.54, 1.807) is 0 Å². The lowest BCUT2D eigenvalue weighted by Crippen LogP contribution is -3.08. The zero-order valence-corrected chi connectivity index (χ0v) is 15.3. The van der Waals surface area contributed by atoms with Crippen LogP contribution < -0.4 is 10.2 Å². The van der Waals surface area contributed by atoms with Crippen molar-refractivity contribution in [1.82, 2.24) is 5.32 Å². The van der Waals surface area contributed by atoms with Crippen LogP contribution in [0.1, 0.15) is 48.1 Å². The molecule has 2 aromatic rings. The Hall–Kier alpha value is -2.13. The third-order valence-electron chi connectivity index (χ3n) is 5.06. The Bertz CT molecular complexity index is 711. The Balaban J connectivity index is 1.53. The fraction of sp³-hybridized carbons (Fsp3) is 0.409. The number of carbonyl (C=O) groups excluding carboxylic acids is 1. The van der Waals surface area contributed by atoms with E-state index in [9.17, 15) is 4.79 Å². The van der Waals surface area contributed by atoms with E-state index in [-0.39, 0.29) is 11.9 Å². The minimum absolute atomic E-state index is 0.0595. The zero-order valence-electron chi connectivity index (χ0n) is 15.3. The van der Waals surface area contributed by atoms with Gasteiger partial charge in [0.15, 0.2) is 6.54 Å². The fourth-order valence-corrected chi connectivity index (χ4v) is 3.68.